The standard InChI is InChI=1S/C14H14F3NO2S/c15-14(16,17)13-12(5-2-6-18-13)9-7-10-3-1-4-11(8-9)21(10,19)20/h2,5-7,10-11H,1,3-4,8H2. The topological polar surface area (TPSA) is 47.0 Å². The quantitative estimate of drug-likeness (QED) is 0.799. The Hall–Kier alpha value is -1.37. The zero-order valence-electron chi connectivity index (χ0n) is 11.1. The van der Waals surface area contributed by atoms with Crippen molar-refractivity contribution in [3.8, 4) is 0 Å². The van der Waals surface area contributed by atoms with Gasteiger partial charge in [0.1, 0.15) is 0 Å². The molecule has 0 aliphatic carbocycles. The van der Waals surface area contributed by atoms with Crippen LogP contribution in [-0.4, -0.2) is 23.9 Å². The zero-order valence-corrected chi connectivity index (χ0v) is 11.9. The predicted octanol–water partition coefficient (Wildman–Crippen LogP) is 3.22. The van der Waals surface area contributed by atoms with Crippen molar-refractivity contribution in [3.05, 3.63) is 35.7 Å². The first kappa shape index (κ1) is 14.6. The van der Waals surface area contributed by atoms with Crippen molar-refractivity contribution < 1.29 is 21.6 Å². The summed E-state index contributed by atoms with van der Waals surface area (Å²) in [5, 5.41) is -1.21. The van der Waals surface area contributed by atoms with Crippen molar-refractivity contribution >= 4 is 15.4 Å². The van der Waals surface area contributed by atoms with E-state index in [-0.39, 0.29) is 12.0 Å². The molecule has 1 fully saturated rings. The summed E-state index contributed by atoms with van der Waals surface area (Å²) in [7, 11) is -3.23. The highest BCUT2D eigenvalue weighted by Crippen LogP contribution is 2.42. The Bertz CT molecular complexity index is 694. The van der Waals surface area contributed by atoms with E-state index in [1.54, 1.807) is 0 Å². The maximum absolute atomic E-state index is 13.0. The Morgan fingerprint density at radius 2 is 2.00 bits per heavy atom. The Balaban J connectivity index is 2.09. The van der Waals surface area contributed by atoms with Gasteiger partial charge in [0.25, 0.3) is 0 Å². The van der Waals surface area contributed by atoms with Crippen LogP contribution in [-0.2, 0) is 16.0 Å². The summed E-state index contributed by atoms with van der Waals surface area (Å²) in [4.78, 5) is 3.44. The lowest BCUT2D eigenvalue weighted by Gasteiger charge is -2.33. The number of hydrogen-bond donors (Lipinski definition) is 0. The number of alkyl halides is 3. The molecule has 1 aromatic rings. The minimum atomic E-state index is -4.54. The van der Waals surface area contributed by atoms with Crippen molar-refractivity contribution in [2.45, 2.75) is 42.4 Å². The molecule has 2 bridgehead atoms. The van der Waals surface area contributed by atoms with Crippen molar-refractivity contribution in [3.63, 3.8) is 0 Å². The summed E-state index contributed by atoms with van der Waals surface area (Å²) in [5.41, 5.74) is -0.467. The fourth-order valence-corrected chi connectivity index (χ4v) is 5.40. The summed E-state index contributed by atoms with van der Waals surface area (Å²) >= 11 is 0. The van der Waals surface area contributed by atoms with E-state index in [0.717, 1.165) is 12.6 Å². The molecule has 2 atom stereocenters. The highest BCUT2D eigenvalue weighted by atomic mass is 32.2. The third-order valence-corrected chi connectivity index (χ3v) is 6.71. The van der Waals surface area contributed by atoms with Gasteiger partial charge in [-0.2, -0.15) is 13.2 Å². The predicted molar refractivity (Wildman–Crippen MR) is 72.2 cm³/mol. The van der Waals surface area contributed by atoms with Crippen LogP contribution in [0.5, 0.6) is 0 Å². The molecule has 21 heavy (non-hydrogen) atoms. The normalized spacial score (nSPS) is 28.0. The Morgan fingerprint density at radius 1 is 1.24 bits per heavy atom. The van der Waals surface area contributed by atoms with E-state index in [1.165, 1.54) is 18.2 Å². The van der Waals surface area contributed by atoms with Crippen LogP contribution in [0.3, 0.4) is 0 Å². The molecule has 7 heteroatoms. The van der Waals surface area contributed by atoms with Gasteiger partial charge >= 0.3 is 6.18 Å². The molecule has 0 spiro atoms. The van der Waals surface area contributed by atoms with Gasteiger partial charge in [0.05, 0.1) is 10.5 Å². The van der Waals surface area contributed by atoms with Gasteiger partial charge in [-0.05, 0) is 30.9 Å². The van der Waals surface area contributed by atoms with Gasteiger partial charge in [-0.25, -0.2) is 8.42 Å². The highest BCUT2D eigenvalue weighted by molar-refractivity contribution is 7.93. The van der Waals surface area contributed by atoms with E-state index >= 15 is 0 Å². The van der Waals surface area contributed by atoms with Crippen LogP contribution in [0.1, 0.15) is 36.9 Å². The minimum absolute atomic E-state index is 0.0109. The van der Waals surface area contributed by atoms with Gasteiger partial charge in [-0.3, -0.25) is 4.98 Å². The first-order chi connectivity index (χ1) is 9.80. The van der Waals surface area contributed by atoms with Crippen LogP contribution in [0.2, 0.25) is 0 Å². The number of rotatable bonds is 1. The molecule has 3 heterocycles. The molecule has 3 rings (SSSR count). The van der Waals surface area contributed by atoms with E-state index < -0.39 is 32.2 Å². The molecule has 1 aromatic heterocycles. The summed E-state index contributed by atoms with van der Waals surface area (Å²) < 4.78 is 63.5. The van der Waals surface area contributed by atoms with E-state index in [2.05, 4.69) is 4.98 Å². The second-order valence-corrected chi connectivity index (χ2v) is 7.92. The lowest BCUT2D eigenvalue weighted by atomic mass is 9.92. The molecule has 0 amide bonds. The molecule has 2 unspecified atom stereocenters. The van der Waals surface area contributed by atoms with Crippen molar-refractivity contribution in [1.82, 2.24) is 4.98 Å². The number of pyridine rings is 1. The van der Waals surface area contributed by atoms with Gasteiger partial charge in [0, 0.05) is 11.8 Å². The van der Waals surface area contributed by atoms with Gasteiger partial charge in [-0.1, -0.05) is 18.6 Å². The first-order valence-corrected chi connectivity index (χ1v) is 8.37. The molecule has 2 aliphatic heterocycles. The van der Waals surface area contributed by atoms with Crippen LogP contribution in [0.15, 0.2) is 24.4 Å². The van der Waals surface area contributed by atoms with Crippen LogP contribution < -0.4 is 0 Å². The number of hydrogen-bond acceptors (Lipinski definition) is 3. The molecule has 3 nitrogen and oxygen atoms in total. The molecule has 1 saturated heterocycles. The van der Waals surface area contributed by atoms with Crippen molar-refractivity contribution in [1.29, 1.82) is 0 Å². The van der Waals surface area contributed by atoms with Gasteiger partial charge in [-0.15, -0.1) is 0 Å². The monoisotopic (exact) mass is 317 g/mol. The van der Waals surface area contributed by atoms with Crippen molar-refractivity contribution in [2.24, 2.45) is 0 Å². The van der Waals surface area contributed by atoms with Gasteiger partial charge in [0.2, 0.25) is 0 Å². The molecule has 0 N–H and O–H groups in total. The Kier molecular flexibility index (Phi) is 3.35. The maximum atomic E-state index is 13.0. The number of fused-ring (bicyclic) bond motifs is 2. The number of allylic oxidation sites excluding steroid dienone is 1. The molecule has 2 aliphatic rings. The minimum Gasteiger partial charge on any atom is -0.251 e. The van der Waals surface area contributed by atoms with Gasteiger partial charge in [0.15, 0.2) is 15.5 Å². The molecule has 0 radical (unpaired) electrons. The second kappa shape index (κ2) is 4.83. The largest absolute Gasteiger partial charge is 0.433 e. The van der Waals surface area contributed by atoms with Crippen LogP contribution in [0, 0.1) is 0 Å². The summed E-state index contributed by atoms with van der Waals surface area (Å²) in [5.74, 6) is 0. The van der Waals surface area contributed by atoms with E-state index in [1.807, 2.05) is 0 Å². The fourth-order valence-electron chi connectivity index (χ4n) is 3.15. The average Bonchev–Trinajstić information content (AvgIpc) is 2.36. The van der Waals surface area contributed by atoms with E-state index in [0.29, 0.717) is 18.4 Å². The van der Waals surface area contributed by atoms with Gasteiger partial charge < -0.3 is 0 Å². The Morgan fingerprint density at radius 3 is 2.67 bits per heavy atom. The SMILES string of the molecule is O=S1(=O)C2C=C(c3cccnc3C(F)(F)F)CC1CCC2. The van der Waals surface area contributed by atoms with Crippen LogP contribution in [0.4, 0.5) is 13.2 Å². The van der Waals surface area contributed by atoms with Crippen molar-refractivity contribution in [2.75, 3.05) is 0 Å². The fraction of sp³-hybridized carbons (Fsp3) is 0.500. The smallest absolute Gasteiger partial charge is 0.251 e. The van der Waals surface area contributed by atoms with Crippen LogP contribution >= 0.6 is 0 Å². The highest BCUT2D eigenvalue weighted by Gasteiger charge is 2.42. The molecule has 0 saturated carbocycles. The lowest BCUT2D eigenvalue weighted by molar-refractivity contribution is -0.141. The average molecular weight is 317 g/mol. The summed E-state index contributed by atoms with van der Waals surface area (Å²) in [6.07, 6.45) is 0.0280. The molecular formula is C14H14F3NO2S. The molecular weight excluding hydrogens is 303 g/mol. The summed E-state index contributed by atoms with van der Waals surface area (Å²) in [6, 6.07) is 2.82. The van der Waals surface area contributed by atoms with E-state index in [4.69, 9.17) is 0 Å². The lowest BCUT2D eigenvalue weighted by Crippen LogP contribution is -2.38. The number of halogens is 3. The number of nitrogens with zero attached hydrogens (tertiary/aromatic N) is 1. The van der Waals surface area contributed by atoms with E-state index in [9.17, 15) is 21.6 Å². The maximum Gasteiger partial charge on any atom is 0.433 e. The van der Waals surface area contributed by atoms with Crippen LogP contribution in [0.25, 0.3) is 5.57 Å². The first-order valence-electron chi connectivity index (χ1n) is 6.76. The number of aromatic nitrogens is 1. The molecule has 114 valence electrons. The second-order valence-electron chi connectivity index (χ2n) is 5.47. The Labute approximate surface area is 120 Å². The third kappa shape index (κ3) is 2.47. The number of sulfone groups is 1. The zero-order chi connectivity index (χ0) is 15.3. The summed E-state index contributed by atoms with van der Waals surface area (Å²) in [6.45, 7) is 0. The molecule has 0 aromatic carbocycles. The third-order valence-electron chi connectivity index (χ3n) is 4.16.